The van der Waals surface area contributed by atoms with Crippen LogP contribution in [0.1, 0.15) is 18.7 Å². The molecule has 0 aromatic carbocycles. The molecule has 0 radical (unpaired) electrons. The van der Waals surface area contributed by atoms with Crippen LogP contribution in [0.5, 0.6) is 0 Å². The second-order valence-electron chi connectivity index (χ2n) is 7.85. The van der Waals surface area contributed by atoms with Crippen LogP contribution in [-0.2, 0) is 16.1 Å². The first-order valence-electron chi connectivity index (χ1n) is 10.2. The largest absolute Gasteiger partial charge is 0.477 e. The van der Waals surface area contributed by atoms with Gasteiger partial charge in [-0.15, -0.1) is 0 Å². The van der Waals surface area contributed by atoms with Crippen LogP contribution in [0, 0.1) is 11.8 Å². The number of aliphatic hydroxyl groups is 1. The van der Waals surface area contributed by atoms with Crippen molar-refractivity contribution in [1.29, 1.82) is 0 Å². The summed E-state index contributed by atoms with van der Waals surface area (Å²) in [7, 11) is 0. The number of carbonyl (C=O) groups excluding carboxylic acids is 1. The number of thioether (sulfide) groups is 2. The van der Waals surface area contributed by atoms with Gasteiger partial charge in [-0.25, -0.2) is 9.36 Å². The number of hydrogen-bond donors (Lipinski definition) is 3. The minimum Gasteiger partial charge on any atom is -0.477 e. The van der Waals surface area contributed by atoms with Crippen molar-refractivity contribution in [2.75, 3.05) is 24.3 Å². The fourth-order valence-electron chi connectivity index (χ4n) is 4.66. The van der Waals surface area contributed by atoms with E-state index in [1.54, 1.807) is 30.0 Å². The molecule has 31 heavy (non-hydrogen) atoms. The SMILES string of the molecule is CSc1c2sc(C3=C(C(=O)O)N4C(=O)[C@H]([C@@H](C)O)[C@@H]4[C@H]3C)cn2c[n+]1CCSCCN. The highest BCUT2D eigenvalue weighted by molar-refractivity contribution is 7.99. The first-order chi connectivity index (χ1) is 14.8. The third kappa shape index (κ3) is 3.60. The molecule has 11 heteroatoms. The fourth-order valence-corrected chi connectivity index (χ4v) is 7.56. The van der Waals surface area contributed by atoms with Gasteiger partial charge in [-0.3, -0.25) is 4.79 Å². The zero-order valence-electron chi connectivity index (χ0n) is 17.6. The van der Waals surface area contributed by atoms with Crippen molar-refractivity contribution in [2.24, 2.45) is 17.6 Å². The monoisotopic (exact) mass is 483 g/mol. The maximum Gasteiger partial charge on any atom is 0.352 e. The second-order valence-corrected chi connectivity index (χ2v) is 10.9. The zero-order valence-corrected chi connectivity index (χ0v) is 20.1. The Balaban J connectivity index is 1.70. The van der Waals surface area contributed by atoms with Gasteiger partial charge in [0.25, 0.3) is 6.33 Å². The van der Waals surface area contributed by atoms with E-state index < -0.39 is 18.0 Å². The summed E-state index contributed by atoms with van der Waals surface area (Å²) in [5.74, 6) is -0.204. The van der Waals surface area contributed by atoms with Crippen LogP contribution in [-0.4, -0.2) is 67.8 Å². The van der Waals surface area contributed by atoms with Gasteiger partial charge in [0, 0.05) is 29.5 Å². The number of aliphatic carboxylic acids is 1. The van der Waals surface area contributed by atoms with E-state index in [2.05, 4.69) is 4.57 Å². The molecule has 4 atom stereocenters. The maximum absolute atomic E-state index is 12.6. The number of aromatic nitrogens is 2. The van der Waals surface area contributed by atoms with E-state index in [1.807, 2.05) is 41.9 Å². The molecule has 168 valence electrons. The topological polar surface area (TPSA) is 112 Å². The Labute approximate surface area is 193 Å². The van der Waals surface area contributed by atoms with Crippen molar-refractivity contribution in [3.8, 4) is 0 Å². The molecule has 2 aromatic rings. The van der Waals surface area contributed by atoms with Crippen molar-refractivity contribution in [3.05, 3.63) is 23.1 Å². The number of carbonyl (C=O) groups is 2. The Morgan fingerprint density at radius 1 is 1.42 bits per heavy atom. The lowest BCUT2D eigenvalue weighted by Gasteiger charge is -2.46. The number of nitrogens with two attached hydrogens (primary N) is 1. The van der Waals surface area contributed by atoms with Gasteiger partial charge in [-0.1, -0.05) is 30.0 Å². The summed E-state index contributed by atoms with van der Waals surface area (Å²) in [4.78, 5) is 28.0. The summed E-state index contributed by atoms with van der Waals surface area (Å²) in [5, 5.41) is 21.1. The number of thiazole rings is 1. The number of hydrogen-bond acceptors (Lipinski definition) is 7. The molecule has 0 spiro atoms. The fraction of sp³-hybridized carbons (Fsp3) is 0.550. The third-order valence-electron chi connectivity index (χ3n) is 5.98. The minimum atomic E-state index is -1.10. The zero-order chi connectivity index (χ0) is 22.4. The van der Waals surface area contributed by atoms with E-state index in [4.69, 9.17) is 5.73 Å². The van der Waals surface area contributed by atoms with E-state index >= 15 is 0 Å². The van der Waals surface area contributed by atoms with Gasteiger partial charge < -0.3 is 20.8 Å². The Morgan fingerprint density at radius 3 is 2.77 bits per heavy atom. The Hall–Kier alpha value is -1.53. The van der Waals surface area contributed by atoms with Gasteiger partial charge in [0.2, 0.25) is 15.8 Å². The first kappa shape index (κ1) is 22.7. The number of imidazole rings is 1. The average Bonchev–Trinajstić information content (AvgIpc) is 3.32. The number of β-lactam (4-membered cyclic amide) rings is 1. The normalized spacial score (nSPS) is 24.1. The van der Waals surface area contributed by atoms with Gasteiger partial charge in [0.1, 0.15) is 18.4 Å². The van der Waals surface area contributed by atoms with Crippen LogP contribution in [0.3, 0.4) is 0 Å². The number of carboxylic acids is 1. The van der Waals surface area contributed by atoms with E-state index in [1.165, 1.54) is 4.90 Å². The van der Waals surface area contributed by atoms with Crippen LogP contribution in [0.4, 0.5) is 0 Å². The molecule has 4 heterocycles. The summed E-state index contributed by atoms with van der Waals surface area (Å²) in [6.45, 7) is 5.10. The number of aliphatic hydroxyl groups excluding tert-OH is 1. The first-order valence-corrected chi connectivity index (χ1v) is 13.4. The molecule has 0 saturated carbocycles. The lowest BCUT2D eigenvalue weighted by Crippen LogP contribution is -2.63. The molecule has 2 aliphatic rings. The molecule has 2 aromatic heterocycles. The number of nitrogens with zero attached hydrogens (tertiary/aromatic N) is 3. The highest BCUT2D eigenvalue weighted by Crippen LogP contribution is 2.51. The predicted molar refractivity (Wildman–Crippen MR) is 123 cm³/mol. The van der Waals surface area contributed by atoms with E-state index in [0.717, 1.165) is 32.8 Å². The number of amides is 1. The molecular weight excluding hydrogens is 456 g/mol. The van der Waals surface area contributed by atoms with E-state index in [-0.39, 0.29) is 23.6 Å². The van der Waals surface area contributed by atoms with Crippen LogP contribution in [0.15, 0.2) is 23.2 Å². The van der Waals surface area contributed by atoms with Crippen molar-refractivity contribution < 1.29 is 24.4 Å². The Bertz CT molecular complexity index is 1060. The lowest BCUT2D eigenvalue weighted by molar-refractivity contribution is -0.725. The minimum absolute atomic E-state index is 0.0562. The van der Waals surface area contributed by atoms with Crippen LogP contribution >= 0.6 is 34.9 Å². The van der Waals surface area contributed by atoms with E-state index in [0.29, 0.717) is 12.1 Å². The quantitative estimate of drug-likeness (QED) is 0.214. The number of carboxylic acid groups (broad SMARTS) is 1. The molecule has 4 N–H and O–H groups in total. The molecule has 1 amide bonds. The smallest absolute Gasteiger partial charge is 0.352 e. The van der Waals surface area contributed by atoms with Crippen LogP contribution < -0.4 is 10.3 Å². The molecule has 4 rings (SSSR count). The van der Waals surface area contributed by atoms with Crippen molar-refractivity contribution in [3.63, 3.8) is 0 Å². The summed E-state index contributed by atoms with van der Waals surface area (Å²) in [5.41, 5.74) is 6.30. The summed E-state index contributed by atoms with van der Waals surface area (Å²) in [6, 6.07) is -0.306. The Kier molecular flexibility index (Phi) is 6.42. The number of aryl methyl sites for hydroxylation is 1. The molecular formula is C20H27N4O4S3+. The molecule has 0 aliphatic carbocycles. The van der Waals surface area contributed by atoms with Gasteiger partial charge in [-0.05, 0) is 13.2 Å². The van der Waals surface area contributed by atoms with Crippen LogP contribution in [0.2, 0.25) is 0 Å². The second kappa shape index (κ2) is 8.78. The molecule has 2 aliphatic heterocycles. The highest BCUT2D eigenvalue weighted by atomic mass is 32.2. The van der Waals surface area contributed by atoms with Gasteiger partial charge in [0.05, 0.1) is 22.9 Å². The number of fused-ring (bicyclic) bond motifs is 2. The van der Waals surface area contributed by atoms with Gasteiger partial charge in [0.15, 0.2) is 0 Å². The molecule has 8 nitrogen and oxygen atoms in total. The molecule has 1 fully saturated rings. The summed E-state index contributed by atoms with van der Waals surface area (Å²) in [6.07, 6.45) is 5.24. The van der Waals surface area contributed by atoms with Crippen molar-refractivity contribution >= 4 is 57.1 Å². The predicted octanol–water partition coefficient (Wildman–Crippen LogP) is 1.36. The van der Waals surface area contributed by atoms with Crippen LogP contribution in [0.25, 0.3) is 10.4 Å². The standard InChI is InChI=1S/C20H26N4O4S3/c1-10-13(16(20(27)28)24-15(10)14(11(2)25)17(24)26)12-8-23-9-22(5-7-30-6-4-21)18(29-3)19(23)31-12/h8-11,14-15,25H,4-7,21H2,1-3H3/p+1/t10-,11+,14+,15-/m0/s1. The van der Waals surface area contributed by atoms with E-state index in [9.17, 15) is 19.8 Å². The van der Waals surface area contributed by atoms with Gasteiger partial charge in [-0.2, -0.15) is 16.2 Å². The lowest BCUT2D eigenvalue weighted by atomic mass is 9.77. The van der Waals surface area contributed by atoms with Crippen molar-refractivity contribution in [1.82, 2.24) is 9.30 Å². The molecule has 0 bridgehead atoms. The molecule has 1 saturated heterocycles. The number of rotatable bonds is 9. The molecule has 0 unspecified atom stereocenters. The van der Waals surface area contributed by atoms with Gasteiger partial charge >= 0.3 is 5.97 Å². The average molecular weight is 484 g/mol. The maximum atomic E-state index is 12.6. The summed E-state index contributed by atoms with van der Waals surface area (Å²) < 4.78 is 4.26. The highest BCUT2D eigenvalue weighted by Gasteiger charge is 2.60. The van der Waals surface area contributed by atoms with Crippen molar-refractivity contribution in [2.45, 2.75) is 37.6 Å². The Morgan fingerprint density at radius 2 is 2.16 bits per heavy atom. The third-order valence-corrected chi connectivity index (χ3v) is 9.06. The summed E-state index contributed by atoms with van der Waals surface area (Å²) >= 11 is 5.04.